The Morgan fingerprint density at radius 1 is 1.29 bits per heavy atom. The Labute approximate surface area is 103 Å². The van der Waals surface area contributed by atoms with Crippen LogP contribution >= 0.6 is 0 Å². The van der Waals surface area contributed by atoms with Gasteiger partial charge in [-0.1, -0.05) is 6.42 Å². The number of hydrogen-bond acceptors (Lipinski definition) is 2. The highest BCUT2D eigenvalue weighted by Crippen LogP contribution is 2.49. The Hall–Kier alpha value is -0.570. The smallest absolute Gasteiger partial charge is 0.249 e. The number of carbonyl (C=O) groups is 1. The molecule has 0 aromatic carbocycles. The Morgan fingerprint density at radius 2 is 2.18 bits per heavy atom. The van der Waals surface area contributed by atoms with Gasteiger partial charge in [0.05, 0.1) is 0 Å². The van der Waals surface area contributed by atoms with Gasteiger partial charge in [-0.25, -0.2) is 0 Å². The van der Waals surface area contributed by atoms with Crippen LogP contribution < -0.4 is 5.32 Å². The minimum atomic E-state index is -0.170. The zero-order valence-electron chi connectivity index (χ0n) is 10.7. The molecule has 5 unspecified atom stereocenters. The van der Waals surface area contributed by atoms with E-state index >= 15 is 0 Å². The van der Waals surface area contributed by atoms with Gasteiger partial charge in [-0.3, -0.25) is 4.79 Å². The largest absolute Gasteiger partial charge is 0.368 e. The Bertz CT molecular complexity index is 299. The van der Waals surface area contributed by atoms with Crippen LogP contribution in [0.25, 0.3) is 0 Å². The number of ether oxygens (including phenoxy) is 1. The first-order valence-electron chi connectivity index (χ1n) is 7.16. The zero-order chi connectivity index (χ0) is 11.8. The summed E-state index contributed by atoms with van der Waals surface area (Å²) in [6, 6.07) is 0.335. The van der Waals surface area contributed by atoms with E-state index < -0.39 is 0 Å². The molecular formula is C14H23NO2. The molecule has 2 saturated carbocycles. The summed E-state index contributed by atoms with van der Waals surface area (Å²) in [5, 5.41) is 3.18. The van der Waals surface area contributed by atoms with Crippen LogP contribution in [-0.2, 0) is 9.53 Å². The Morgan fingerprint density at radius 3 is 2.76 bits per heavy atom. The fourth-order valence-electron chi connectivity index (χ4n) is 4.12. The molecule has 1 amide bonds. The summed E-state index contributed by atoms with van der Waals surface area (Å²) in [5.41, 5.74) is 0. The molecule has 0 radical (unpaired) electrons. The molecule has 3 heteroatoms. The molecule has 5 atom stereocenters. The highest BCUT2D eigenvalue weighted by atomic mass is 16.5. The van der Waals surface area contributed by atoms with Crippen molar-refractivity contribution in [3.05, 3.63) is 0 Å². The van der Waals surface area contributed by atoms with Crippen molar-refractivity contribution in [3.63, 3.8) is 0 Å². The van der Waals surface area contributed by atoms with Crippen LogP contribution in [0.2, 0.25) is 0 Å². The number of carbonyl (C=O) groups excluding carboxylic acids is 1. The maximum atomic E-state index is 12.0. The molecular weight excluding hydrogens is 214 g/mol. The molecule has 2 aliphatic carbocycles. The molecule has 3 nitrogen and oxygen atoms in total. The minimum absolute atomic E-state index is 0.123. The summed E-state index contributed by atoms with van der Waals surface area (Å²) in [6.07, 6.45) is 7.30. The van der Waals surface area contributed by atoms with Crippen molar-refractivity contribution in [2.45, 2.75) is 57.6 Å². The summed E-state index contributed by atoms with van der Waals surface area (Å²) in [6.45, 7) is 2.93. The van der Waals surface area contributed by atoms with Gasteiger partial charge in [0, 0.05) is 12.6 Å². The van der Waals surface area contributed by atoms with Gasteiger partial charge in [-0.15, -0.1) is 0 Å². The van der Waals surface area contributed by atoms with E-state index in [9.17, 15) is 4.79 Å². The lowest BCUT2D eigenvalue weighted by atomic mass is 9.84. The van der Waals surface area contributed by atoms with Crippen LogP contribution in [-0.4, -0.2) is 24.7 Å². The summed E-state index contributed by atoms with van der Waals surface area (Å²) < 4.78 is 5.43. The van der Waals surface area contributed by atoms with Gasteiger partial charge in [0.15, 0.2) is 0 Å². The molecule has 0 aromatic rings. The molecule has 2 bridgehead atoms. The lowest BCUT2D eigenvalue weighted by Crippen LogP contribution is -2.44. The third-order valence-corrected chi connectivity index (χ3v) is 5.03. The van der Waals surface area contributed by atoms with Crippen molar-refractivity contribution in [1.82, 2.24) is 5.32 Å². The first kappa shape index (κ1) is 11.5. The van der Waals surface area contributed by atoms with E-state index in [1.807, 2.05) is 0 Å². The lowest BCUT2D eigenvalue weighted by Gasteiger charge is -2.29. The van der Waals surface area contributed by atoms with Crippen molar-refractivity contribution in [2.24, 2.45) is 17.8 Å². The maximum absolute atomic E-state index is 12.0. The van der Waals surface area contributed by atoms with Crippen molar-refractivity contribution < 1.29 is 9.53 Å². The van der Waals surface area contributed by atoms with Gasteiger partial charge < -0.3 is 10.1 Å². The quantitative estimate of drug-likeness (QED) is 0.816. The average molecular weight is 237 g/mol. The lowest BCUT2D eigenvalue weighted by molar-refractivity contribution is -0.131. The van der Waals surface area contributed by atoms with Gasteiger partial charge in [-0.2, -0.15) is 0 Å². The van der Waals surface area contributed by atoms with E-state index in [1.54, 1.807) is 0 Å². The molecule has 0 spiro atoms. The average Bonchev–Trinajstić information content (AvgIpc) is 3.05. The number of fused-ring (bicyclic) bond motifs is 2. The Kier molecular flexibility index (Phi) is 3.12. The molecule has 0 aromatic heterocycles. The number of rotatable bonds is 3. The second kappa shape index (κ2) is 4.60. The van der Waals surface area contributed by atoms with E-state index in [1.165, 1.54) is 25.7 Å². The highest BCUT2D eigenvalue weighted by molar-refractivity contribution is 5.81. The molecule has 1 saturated heterocycles. The SMILES string of the molecule is CC(NC(=O)C1CCCO1)C1CC2CCC1C2. The van der Waals surface area contributed by atoms with Crippen LogP contribution in [0.1, 0.15) is 45.4 Å². The first-order chi connectivity index (χ1) is 8.24. The molecule has 96 valence electrons. The normalized spacial score (nSPS) is 41.7. The molecule has 3 aliphatic rings. The summed E-state index contributed by atoms with van der Waals surface area (Å²) in [5.74, 6) is 2.67. The highest BCUT2D eigenvalue weighted by Gasteiger charge is 2.42. The predicted molar refractivity (Wildman–Crippen MR) is 65.5 cm³/mol. The second-order valence-electron chi connectivity index (χ2n) is 6.14. The molecule has 1 heterocycles. The van der Waals surface area contributed by atoms with E-state index in [0.717, 1.165) is 37.2 Å². The van der Waals surface area contributed by atoms with Gasteiger partial charge in [0.25, 0.3) is 0 Å². The maximum Gasteiger partial charge on any atom is 0.249 e. The van der Waals surface area contributed by atoms with Gasteiger partial charge in [0.1, 0.15) is 6.10 Å². The third kappa shape index (κ3) is 2.22. The summed E-state index contributed by atoms with van der Waals surface area (Å²) in [7, 11) is 0. The minimum Gasteiger partial charge on any atom is -0.368 e. The van der Waals surface area contributed by atoms with E-state index in [2.05, 4.69) is 12.2 Å². The second-order valence-corrected chi connectivity index (χ2v) is 6.14. The zero-order valence-corrected chi connectivity index (χ0v) is 10.7. The van der Waals surface area contributed by atoms with Gasteiger partial charge in [0.2, 0.25) is 5.91 Å². The number of hydrogen-bond donors (Lipinski definition) is 1. The Balaban J connectivity index is 1.52. The number of nitrogens with one attached hydrogen (secondary N) is 1. The fourth-order valence-corrected chi connectivity index (χ4v) is 4.12. The first-order valence-corrected chi connectivity index (χ1v) is 7.16. The summed E-state index contributed by atoms with van der Waals surface area (Å²) in [4.78, 5) is 12.0. The van der Waals surface area contributed by atoms with Gasteiger partial charge >= 0.3 is 0 Å². The van der Waals surface area contributed by atoms with Crippen LogP contribution in [0, 0.1) is 17.8 Å². The monoisotopic (exact) mass is 237 g/mol. The van der Waals surface area contributed by atoms with Crippen molar-refractivity contribution in [3.8, 4) is 0 Å². The van der Waals surface area contributed by atoms with E-state index in [4.69, 9.17) is 4.74 Å². The fraction of sp³-hybridized carbons (Fsp3) is 0.929. The van der Waals surface area contributed by atoms with Crippen LogP contribution in [0.15, 0.2) is 0 Å². The topological polar surface area (TPSA) is 38.3 Å². The number of amides is 1. The predicted octanol–water partition coefficient (Wildman–Crippen LogP) is 2.11. The molecule has 1 aliphatic heterocycles. The standard InChI is InChI=1S/C14H23NO2/c1-9(12-8-10-4-5-11(12)7-10)15-14(16)13-3-2-6-17-13/h9-13H,2-8H2,1H3,(H,15,16). The van der Waals surface area contributed by atoms with Crippen LogP contribution in [0.5, 0.6) is 0 Å². The molecule has 1 N–H and O–H groups in total. The van der Waals surface area contributed by atoms with Crippen LogP contribution in [0.4, 0.5) is 0 Å². The molecule has 17 heavy (non-hydrogen) atoms. The van der Waals surface area contributed by atoms with Crippen molar-refractivity contribution in [1.29, 1.82) is 0 Å². The van der Waals surface area contributed by atoms with Crippen molar-refractivity contribution >= 4 is 5.91 Å². The molecule has 3 fully saturated rings. The summed E-state index contributed by atoms with van der Waals surface area (Å²) >= 11 is 0. The van der Waals surface area contributed by atoms with E-state index in [0.29, 0.717) is 6.04 Å². The van der Waals surface area contributed by atoms with Crippen LogP contribution in [0.3, 0.4) is 0 Å². The van der Waals surface area contributed by atoms with Gasteiger partial charge in [-0.05, 0) is 56.8 Å². The van der Waals surface area contributed by atoms with Crippen molar-refractivity contribution in [2.75, 3.05) is 6.61 Å². The third-order valence-electron chi connectivity index (χ3n) is 5.03. The molecule has 3 rings (SSSR count). The van der Waals surface area contributed by atoms with E-state index in [-0.39, 0.29) is 12.0 Å².